The van der Waals surface area contributed by atoms with Gasteiger partial charge >= 0.3 is 0 Å². The van der Waals surface area contributed by atoms with E-state index in [1.54, 1.807) is 0 Å². The van der Waals surface area contributed by atoms with E-state index in [0.717, 1.165) is 12.8 Å². The minimum absolute atomic E-state index is 1.13. The lowest BCUT2D eigenvalue weighted by Gasteiger charge is -1.99. The number of allylic oxidation sites excluding steroid dienone is 2. The lowest BCUT2D eigenvalue weighted by atomic mass is 10.0. The average molecular weight is 199 g/mol. The fourth-order valence-corrected chi connectivity index (χ4v) is 1.81. The van der Waals surface area contributed by atoms with E-state index in [2.05, 4.69) is 55.4 Å². The Bertz CT molecular complexity index is 477. The molecule has 0 amide bonds. The molecule has 2 rings (SSSR count). The largest absolute Gasteiger partial charge is 0.361 e. The molecule has 0 saturated carbocycles. The second-order valence-electron chi connectivity index (χ2n) is 3.99. The Balaban J connectivity index is 2.22. The summed E-state index contributed by atoms with van der Waals surface area (Å²) >= 11 is 0. The highest BCUT2D eigenvalue weighted by Gasteiger charge is 2.02. The van der Waals surface area contributed by atoms with Crippen molar-refractivity contribution in [2.24, 2.45) is 0 Å². The molecule has 0 unspecified atom stereocenters. The molecule has 0 aliphatic rings. The molecule has 1 aromatic carbocycles. The number of fused-ring (bicyclic) bond motifs is 1. The van der Waals surface area contributed by atoms with Crippen molar-refractivity contribution in [3.63, 3.8) is 0 Å². The van der Waals surface area contributed by atoms with Gasteiger partial charge in [0.2, 0.25) is 0 Å². The van der Waals surface area contributed by atoms with Gasteiger partial charge in [0.1, 0.15) is 0 Å². The molecule has 0 aliphatic carbocycles. The van der Waals surface area contributed by atoms with Crippen molar-refractivity contribution >= 4 is 10.9 Å². The van der Waals surface area contributed by atoms with Crippen LogP contribution in [0.5, 0.6) is 0 Å². The fourth-order valence-electron chi connectivity index (χ4n) is 1.81. The second-order valence-corrected chi connectivity index (χ2v) is 3.99. The number of hydrogen-bond acceptors (Lipinski definition) is 0. The van der Waals surface area contributed by atoms with Crippen molar-refractivity contribution < 1.29 is 0 Å². The van der Waals surface area contributed by atoms with E-state index < -0.39 is 0 Å². The average Bonchev–Trinajstić information content (AvgIpc) is 2.69. The number of aromatic nitrogens is 1. The molecule has 0 fully saturated rings. The van der Waals surface area contributed by atoms with E-state index in [1.807, 2.05) is 0 Å². The minimum Gasteiger partial charge on any atom is -0.361 e. The summed E-state index contributed by atoms with van der Waals surface area (Å²) in [4.78, 5) is 3.31. The topological polar surface area (TPSA) is 15.8 Å². The van der Waals surface area contributed by atoms with Gasteiger partial charge in [0, 0.05) is 17.1 Å². The van der Waals surface area contributed by atoms with Gasteiger partial charge in [0.15, 0.2) is 0 Å². The molecule has 1 heterocycles. The van der Waals surface area contributed by atoms with Gasteiger partial charge in [0.25, 0.3) is 0 Å². The molecule has 0 radical (unpaired) electrons. The van der Waals surface area contributed by atoms with E-state index in [4.69, 9.17) is 0 Å². The van der Waals surface area contributed by atoms with Gasteiger partial charge in [0.05, 0.1) is 0 Å². The van der Waals surface area contributed by atoms with Crippen LogP contribution in [0.2, 0.25) is 0 Å². The van der Waals surface area contributed by atoms with Crippen LogP contribution in [0, 0.1) is 0 Å². The summed E-state index contributed by atoms with van der Waals surface area (Å²) < 4.78 is 0. The highest BCUT2D eigenvalue weighted by molar-refractivity contribution is 5.83. The van der Waals surface area contributed by atoms with Crippen molar-refractivity contribution in [3.05, 3.63) is 47.7 Å². The molecule has 0 spiro atoms. The third-order valence-electron chi connectivity index (χ3n) is 2.96. The van der Waals surface area contributed by atoms with Crippen molar-refractivity contribution in [2.45, 2.75) is 26.7 Å². The van der Waals surface area contributed by atoms with Gasteiger partial charge in [-0.05, 0) is 38.3 Å². The molecule has 0 bridgehead atoms. The maximum absolute atomic E-state index is 3.31. The van der Waals surface area contributed by atoms with E-state index in [-0.39, 0.29) is 0 Å². The summed E-state index contributed by atoms with van der Waals surface area (Å²) in [5, 5.41) is 1.36. The smallest absolute Gasteiger partial charge is 0.0456 e. The molecule has 2 aromatic rings. The Morgan fingerprint density at radius 2 is 2.13 bits per heavy atom. The zero-order chi connectivity index (χ0) is 10.7. The van der Waals surface area contributed by atoms with Crippen LogP contribution in [-0.2, 0) is 6.42 Å². The van der Waals surface area contributed by atoms with Gasteiger partial charge in [-0.3, -0.25) is 0 Å². The maximum atomic E-state index is 3.31. The summed E-state index contributed by atoms with van der Waals surface area (Å²) in [6, 6.07) is 8.48. The van der Waals surface area contributed by atoms with E-state index in [1.165, 1.54) is 22.0 Å². The van der Waals surface area contributed by atoms with E-state index in [9.17, 15) is 0 Å². The Morgan fingerprint density at radius 3 is 2.93 bits per heavy atom. The predicted molar refractivity (Wildman–Crippen MR) is 66.1 cm³/mol. The Hall–Kier alpha value is -1.50. The summed E-state index contributed by atoms with van der Waals surface area (Å²) in [5.74, 6) is 0. The second kappa shape index (κ2) is 4.35. The number of rotatable bonds is 3. The number of nitrogens with one attached hydrogen (secondary N) is 1. The van der Waals surface area contributed by atoms with Crippen molar-refractivity contribution in [3.8, 4) is 0 Å². The van der Waals surface area contributed by atoms with Crippen molar-refractivity contribution in [1.82, 2.24) is 4.98 Å². The highest BCUT2D eigenvalue weighted by Crippen LogP contribution is 2.20. The molecule has 1 heteroatoms. The molecule has 78 valence electrons. The molecule has 15 heavy (non-hydrogen) atoms. The first kappa shape index (κ1) is 10.0. The van der Waals surface area contributed by atoms with Gasteiger partial charge < -0.3 is 4.98 Å². The third-order valence-corrected chi connectivity index (χ3v) is 2.96. The van der Waals surface area contributed by atoms with E-state index >= 15 is 0 Å². The molecular formula is C14H17N. The lowest BCUT2D eigenvalue weighted by Crippen LogP contribution is -1.84. The molecule has 0 atom stereocenters. The van der Waals surface area contributed by atoms with Crippen LogP contribution in [0.4, 0.5) is 0 Å². The van der Waals surface area contributed by atoms with Crippen LogP contribution in [-0.4, -0.2) is 4.98 Å². The zero-order valence-corrected chi connectivity index (χ0v) is 9.38. The van der Waals surface area contributed by atoms with E-state index in [0.29, 0.717) is 0 Å². The number of para-hydroxylation sites is 1. The summed E-state index contributed by atoms with van der Waals surface area (Å²) in [6.07, 6.45) is 6.60. The number of hydrogen-bond donors (Lipinski definition) is 1. The first-order valence-corrected chi connectivity index (χ1v) is 5.48. The number of aryl methyl sites for hydroxylation is 1. The highest BCUT2D eigenvalue weighted by atomic mass is 14.7. The molecular weight excluding hydrogens is 182 g/mol. The first-order valence-electron chi connectivity index (χ1n) is 5.48. The first-order chi connectivity index (χ1) is 7.31. The van der Waals surface area contributed by atoms with Crippen LogP contribution >= 0.6 is 0 Å². The summed E-state index contributed by atoms with van der Waals surface area (Å²) in [7, 11) is 0. The zero-order valence-electron chi connectivity index (χ0n) is 9.38. The normalized spacial score (nSPS) is 12.3. The monoisotopic (exact) mass is 199 g/mol. The number of aromatic amines is 1. The van der Waals surface area contributed by atoms with Crippen LogP contribution < -0.4 is 0 Å². The van der Waals surface area contributed by atoms with Crippen molar-refractivity contribution in [1.29, 1.82) is 0 Å². The third kappa shape index (κ3) is 2.12. The minimum atomic E-state index is 1.13. The van der Waals surface area contributed by atoms with Gasteiger partial charge in [-0.1, -0.05) is 29.8 Å². The summed E-state index contributed by atoms with van der Waals surface area (Å²) in [5.41, 5.74) is 4.12. The van der Waals surface area contributed by atoms with Crippen LogP contribution in [0.3, 0.4) is 0 Å². The standard InChI is InChI=1S/C14H17N/c1-3-11(2)8-9-12-10-15-14-7-5-4-6-13(12)14/h3-7,10,15H,8-9H2,1-2H3/b11-3+. The Labute approximate surface area is 90.8 Å². The molecule has 0 aliphatic heterocycles. The maximum Gasteiger partial charge on any atom is 0.0456 e. The summed E-state index contributed by atoms with van der Waals surface area (Å²) in [6.45, 7) is 4.29. The Kier molecular flexibility index (Phi) is 2.91. The van der Waals surface area contributed by atoms with Gasteiger partial charge in [-0.2, -0.15) is 0 Å². The molecule has 1 nitrogen and oxygen atoms in total. The van der Waals surface area contributed by atoms with Crippen LogP contribution in [0.15, 0.2) is 42.1 Å². The Morgan fingerprint density at radius 1 is 1.33 bits per heavy atom. The van der Waals surface area contributed by atoms with Gasteiger partial charge in [-0.15, -0.1) is 0 Å². The quantitative estimate of drug-likeness (QED) is 0.717. The number of benzene rings is 1. The lowest BCUT2D eigenvalue weighted by molar-refractivity contribution is 0.945. The van der Waals surface area contributed by atoms with Gasteiger partial charge in [-0.25, -0.2) is 0 Å². The van der Waals surface area contributed by atoms with Crippen LogP contribution in [0.25, 0.3) is 10.9 Å². The number of H-pyrrole nitrogens is 1. The SMILES string of the molecule is C/C=C(\C)CCc1c[nH]c2ccccc12. The molecule has 0 saturated heterocycles. The molecule has 1 aromatic heterocycles. The predicted octanol–water partition coefficient (Wildman–Crippen LogP) is 4.07. The van der Waals surface area contributed by atoms with Crippen LogP contribution in [0.1, 0.15) is 25.8 Å². The fraction of sp³-hybridized carbons (Fsp3) is 0.286. The van der Waals surface area contributed by atoms with Crippen molar-refractivity contribution in [2.75, 3.05) is 0 Å². The molecule has 1 N–H and O–H groups in total.